The van der Waals surface area contributed by atoms with Crippen molar-refractivity contribution in [3.05, 3.63) is 89.1 Å². The highest BCUT2D eigenvalue weighted by Crippen LogP contribution is 2.42. The van der Waals surface area contributed by atoms with Gasteiger partial charge in [0.1, 0.15) is 28.7 Å². The van der Waals surface area contributed by atoms with Crippen LogP contribution in [0.2, 0.25) is 0 Å². The first-order valence-electron chi connectivity index (χ1n) is 13.9. The van der Waals surface area contributed by atoms with Crippen LogP contribution in [0.1, 0.15) is 38.7 Å². The summed E-state index contributed by atoms with van der Waals surface area (Å²) in [5, 5.41) is 3.44. The largest absolute Gasteiger partial charge is 0.455 e. The first-order valence-corrected chi connectivity index (χ1v) is 15.8. The minimum absolute atomic E-state index is 0.218. The summed E-state index contributed by atoms with van der Waals surface area (Å²) in [6.45, 7) is 0.666. The number of furan rings is 1. The quantitative estimate of drug-likeness (QED) is 0.279. The Morgan fingerprint density at radius 3 is 2.43 bits per heavy atom. The zero-order chi connectivity index (χ0) is 31.5. The Hall–Kier alpha value is -4.71. The van der Waals surface area contributed by atoms with Crippen LogP contribution in [0.15, 0.2) is 65.1 Å². The lowest BCUT2D eigenvalue weighted by atomic mass is 9.93. The molecular formula is C32H30F2N4O5S. The van der Waals surface area contributed by atoms with Crippen molar-refractivity contribution >= 4 is 49.4 Å². The lowest BCUT2D eigenvalue weighted by Gasteiger charge is -2.24. The topological polar surface area (TPSA) is 105 Å². The van der Waals surface area contributed by atoms with Gasteiger partial charge in [-0.1, -0.05) is 6.07 Å². The molecule has 0 bridgehead atoms. The molecule has 2 aromatic heterocycles. The number of benzene rings is 3. The fraction of sp³-hybridized carbons (Fsp3) is 0.250. The van der Waals surface area contributed by atoms with Crippen molar-refractivity contribution in [1.29, 1.82) is 0 Å². The van der Waals surface area contributed by atoms with E-state index in [-0.39, 0.29) is 35.3 Å². The van der Waals surface area contributed by atoms with Crippen LogP contribution in [0.3, 0.4) is 0 Å². The molecule has 1 aliphatic heterocycles. The summed E-state index contributed by atoms with van der Waals surface area (Å²) >= 11 is 0. The molecule has 0 radical (unpaired) electrons. The molecule has 0 spiro atoms. The van der Waals surface area contributed by atoms with E-state index in [1.807, 2.05) is 0 Å². The van der Waals surface area contributed by atoms with Crippen molar-refractivity contribution in [1.82, 2.24) is 14.8 Å². The number of rotatable bonds is 6. The van der Waals surface area contributed by atoms with E-state index in [0.29, 0.717) is 51.8 Å². The van der Waals surface area contributed by atoms with Crippen molar-refractivity contribution in [3.8, 4) is 11.3 Å². The Balaban J connectivity index is 1.45. The Labute approximate surface area is 252 Å². The van der Waals surface area contributed by atoms with Crippen molar-refractivity contribution in [2.75, 3.05) is 37.7 Å². The zero-order valence-corrected chi connectivity index (χ0v) is 25.3. The highest BCUT2D eigenvalue weighted by atomic mass is 32.2. The molecule has 1 saturated heterocycles. The molecule has 0 unspecified atom stereocenters. The van der Waals surface area contributed by atoms with Crippen LogP contribution in [0.25, 0.3) is 33.2 Å². The number of nitrogens with one attached hydrogen (secondary N) is 1. The van der Waals surface area contributed by atoms with E-state index in [4.69, 9.17) is 4.42 Å². The maximum absolute atomic E-state index is 14.4. The van der Waals surface area contributed by atoms with Crippen LogP contribution in [0.4, 0.5) is 14.5 Å². The first kappa shape index (κ1) is 29.4. The van der Waals surface area contributed by atoms with Gasteiger partial charge in [0.15, 0.2) is 0 Å². The van der Waals surface area contributed by atoms with Gasteiger partial charge >= 0.3 is 0 Å². The molecule has 3 heterocycles. The second-order valence-electron chi connectivity index (χ2n) is 11.0. The predicted octanol–water partition coefficient (Wildman–Crippen LogP) is 5.25. The number of aromatic nitrogens is 1. The molecule has 1 aliphatic rings. The van der Waals surface area contributed by atoms with Crippen LogP contribution in [-0.2, 0) is 17.1 Å². The molecule has 12 heteroatoms. The monoisotopic (exact) mass is 620 g/mol. The summed E-state index contributed by atoms with van der Waals surface area (Å²) in [6.07, 6.45) is 1.62. The molecule has 1 atom stereocenters. The van der Waals surface area contributed by atoms with Gasteiger partial charge in [-0.05, 0) is 60.5 Å². The van der Waals surface area contributed by atoms with Crippen LogP contribution in [-0.4, -0.2) is 63.1 Å². The van der Waals surface area contributed by atoms with Gasteiger partial charge in [0.2, 0.25) is 10.0 Å². The molecule has 44 heavy (non-hydrogen) atoms. The van der Waals surface area contributed by atoms with E-state index in [0.717, 1.165) is 10.6 Å². The molecule has 1 N–H and O–H groups in total. The maximum atomic E-state index is 14.4. The summed E-state index contributed by atoms with van der Waals surface area (Å²) in [4.78, 5) is 28.5. The SMILES string of the molecule is CNC(=O)c1c(-c2ccc(F)cc2)oc2cc(N(C)S(C)(=O)=O)c([C@@H]3CCN(C(=O)c4cc5c(F)cccc5n4C)C3)cc12. The minimum Gasteiger partial charge on any atom is -0.455 e. The minimum atomic E-state index is -3.70. The van der Waals surface area contributed by atoms with E-state index in [2.05, 4.69) is 5.32 Å². The van der Waals surface area contributed by atoms with Gasteiger partial charge in [0, 0.05) is 62.6 Å². The van der Waals surface area contributed by atoms with Crippen molar-refractivity contribution in [2.24, 2.45) is 7.05 Å². The normalized spacial score (nSPS) is 15.3. The molecular weight excluding hydrogens is 590 g/mol. The number of fused-ring (bicyclic) bond motifs is 2. The molecule has 6 rings (SSSR count). The number of carbonyl (C=O) groups excluding carboxylic acids is 2. The number of likely N-dealkylation sites (tertiary alicyclic amines) is 1. The third-order valence-electron chi connectivity index (χ3n) is 8.40. The maximum Gasteiger partial charge on any atom is 0.270 e. The molecule has 5 aromatic rings. The standard InChI is InChI=1S/C32H30F2N4O5S/c1-35-31(39)29-23-14-21(19-12-13-38(17-19)32(40)27-15-22-24(34)6-5-7-25(22)36(27)2)26(37(3)44(4,41)42)16-28(23)43-30(29)18-8-10-20(33)11-9-18/h5-11,14-16,19H,12-13,17H2,1-4H3,(H,35,39)/t19-/m1/s1. The lowest BCUT2D eigenvalue weighted by Crippen LogP contribution is -2.30. The summed E-state index contributed by atoms with van der Waals surface area (Å²) in [5.74, 6) is -1.61. The van der Waals surface area contributed by atoms with Crippen LogP contribution >= 0.6 is 0 Å². The second-order valence-corrected chi connectivity index (χ2v) is 13.0. The Morgan fingerprint density at radius 1 is 1.05 bits per heavy atom. The Bertz CT molecular complexity index is 2070. The van der Waals surface area contributed by atoms with E-state index in [9.17, 15) is 26.8 Å². The van der Waals surface area contributed by atoms with Gasteiger partial charge in [0.05, 0.1) is 23.0 Å². The van der Waals surface area contributed by atoms with E-state index >= 15 is 0 Å². The van der Waals surface area contributed by atoms with Gasteiger partial charge in [-0.25, -0.2) is 17.2 Å². The number of halogens is 2. The van der Waals surface area contributed by atoms with Gasteiger partial charge in [-0.2, -0.15) is 0 Å². The van der Waals surface area contributed by atoms with E-state index in [1.165, 1.54) is 44.4 Å². The number of aryl methyl sites for hydroxylation is 1. The number of anilines is 1. The zero-order valence-electron chi connectivity index (χ0n) is 24.5. The van der Waals surface area contributed by atoms with Crippen molar-refractivity contribution in [2.45, 2.75) is 12.3 Å². The smallest absolute Gasteiger partial charge is 0.270 e. The van der Waals surface area contributed by atoms with Gasteiger partial charge in [-0.3, -0.25) is 13.9 Å². The van der Waals surface area contributed by atoms with Crippen LogP contribution in [0.5, 0.6) is 0 Å². The molecule has 228 valence electrons. The molecule has 0 aliphatic carbocycles. The average Bonchev–Trinajstić information content (AvgIpc) is 3.72. The number of nitrogens with zero attached hydrogens (tertiary/aromatic N) is 3. The predicted molar refractivity (Wildman–Crippen MR) is 164 cm³/mol. The number of amides is 2. The van der Waals surface area contributed by atoms with Gasteiger partial charge in [-0.15, -0.1) is 0 Å². The number of carbonyl (C=O) groups is 2. The van der Waals surface area contributed by atoms with Crippen molar-refractivity contribution < 1.29 is 31.2 Å². The lowest BCUT2D eigenvalue weighted by molar-refractivity contribution is 0.0781. The van der Waals surface area contributed by atoms with Crippen molar-refractivity contribution in [3.63, 3.8) is 0 Å². The second kappa shape index (κ2) is 10.8. The Kier molecular flexibility index (Phi) is 7.19. The first-order chi connectivity index (χ1) is 20.9. The summed E-state index contributed by atoms with van der Waals surface area (Å²) in [5.41, 5.74) is 2.91. The van der Waals surface area contributed by atoms with E-state index in [1.54, 1.807) is 46.8 Å². The molecule has 9 nitrogen and oxygen atoms in total. The number of sulfonamides is 1. The molecule has 3 aromatic carbocycles. The average molecular weight is 621 g/mol. The van der Waals surface area contributed by atoms with Gasteiger partial charge in [0.25, 0.3) is 11.8 Å². The summed E-state index contributed by atoms with van der Waals surface area (Å²) < 4.78 is 62.5. The highest BCUT2D eigenvalue weighted by Gasteiger charge is 2.34. The van der Waals surface area contributed by atoms with Crippen LogP contribution in [0, 0.1) is 11.6 Å². The van der Waals surface area contributed by atoms with E-state index < -0.39 is 27.6 Å². The number of hydrogen-bond donors (Lipinski definition) is 1. The third kappa shape index (κ3) is 4.88. The van der Waals surface area contributed by atoms with Gasteiger partial charge < -0.3 is 19.2 Å². The van der Waals surface area contributed by atoms with Crippen LogP contribution < -0.4 is 9.62 Å². The fourth-order valence-corrected chi connectivity index (χ4v) is 6.49. The highest BCUT2D eigenvalue weighted by molar-refractivity contribution is 7.92. The fourth-order valence-electron chi connectivity index (χ4n) is 5.97. The molecule has 2 amide bonds. The molecule has 0 saturated carbocycles. The molecule has 1 fully saturated rings. The summed E-state index contributed by atoms with van der Waals surface area (Å²) in [6, 6.07) is 15.1. The third-order valence-corrected chi connectivity index (χ3v) is 9.59. The Morgan fingerprint density at radius 2 is 1.77 bits per heavy atom. The number of hydrogen-bond acceptors (Lipinski definition) is 5. The summed E-state index contributed by atoms with van der Waals surface area (Å²) in [7, 11) is 0.936.